The number of likely N-dealkylation sites (N-methyl/N-ethyl adjacent to an activating group) is 1. The maximum absolute atomic E-state index is 12.1. The van der Waals surface area contributed by atoms with Gasteiger partial charge in [-0.05, 0) is 38.6 Å². The lowest BCUT2D eigenvalue weighted by Gasteiger charge is -2.24. The maximum atomic E-state index is 12.1. The molecule has 0 radical (unpaired) electrons. The Balaban J connectivity index is 2.77. The summed E-state index contributed by atoms with van der Waals surface area (Å²) in [5.74, 6) is -0.148. The molecule has 19 heavy (non-hydrogen) atoms. The zero-order chi connectivity index (χ0) is 14.5. The van der Waals surface area contributed by atoms with Crippen molar-refractivity contribution in [3.8, 4) is 0 Å². The van der Waals surface area contributed by atoms with E-state index >= 15 is 0 Å². The van der Waals surface area contributed by atoms with Crippen molar-refractivity contribution >= 4 is 23.3 Å². The van der Waals surface area contributed by atoms with Crippen LogP contribution in [0.2, 0.25) is 0 Å². The Bertz CT molecular complexity index is 471. The first-order valence-electron chi connectivity index (χ1n) is 6.08. The molecular formula is C13H20N4O2. The Morgan fingerprint density at radius 2 is 1.79 bits per heavy atom. The number of nitrogens with two attached hydrogens (primary N) is 1. The van der Waals surface area contributed by atoms with Gasteiger partial charge in [0.25, 0.3) is 0 Å². The number of nitrogens with one attached hydrogen (secondary N) is 3. The molecule has 1 aromatic rings. The van der Waals surface area contributed by atoms with Crippen LogP contribution in [-0.4, -0.2) is 24.0 Å². The number of benzene rings is 1. The van der Waals surface area contributed by atoms with Gasteiger partial charge < -0.3 is 21.7 Å². The molecule has 0 saturated carbocycles. The Labute approximate surface area is 112 Å². The molecule has 0 aromatic heterocycles. The largest absolute Gasteiger partial charge is 0.351 e. The van der Waals surface area contributed by atoms with Gasteiger partial charge in [0.1, 0.15) is 0 Å². The lowest BCUT2D eigenvalue weighted by Crippen LogP contribution is -2.49. The van der Waals surface area contributed by atoms with E-state index in [4.69, 9.17) is 5.73 Å². The molecule has 6 heteroatoms. The molecule has 0 heterocycles. The highest BCUT2D eigenvalue weighted by Crippen LogP contribution is 2.16. The summed E-state index contributed by atoms with van der Waals surface area (Å²) in [6.45, 7) is 6.24. The van der Waals surface area contributed by atoms with Crippen LogP contribution in [0.15, 0.2) is 24.3 Å². The van der Waals surface area contributed by atoms with E-state index in [0.717, 1.165) is 0 Å². The second-order valence-corrected chi connectivity index (χ2v) is 4.68. The predicted molar refractivity (Wildman–Crippen MR) is 76.0 cm³/mol. The fraction of sp³-hybridized carbons (Fsp3) is 0.385. The summed E-state index contributed by atoms with van der Waals surface area (Å²) in [6, 6.07) is 6.16. The number of carbonyl (C=O) groups excluding carboxylic acids is 2. The van der Waals surface area contributed by atoms with Crippen LogP contribution in [-0.2, 0) is 4.79 Å². The van der Waals surface area contributed by atoms with E-state index in [1.165, 1.54) is 0 Å². The average molecular weight is 264 g/mol. The molecule has 1 rings (SSSR count). The van der Waals surface area contributed by atoms with Gasteiger partial charge >= 0.3 is 6.03 Å². The van der Waals surface area contributed by atoms with Crippen molar-refractivity contribution in [1.29, 1.82) is 0 Å². The number of hydrogen-bond acceptors (Lipinski definition) is 3. The van der Waals surface area contributed by atoms with Gasteiger partial charge in [0, 0.05) is 11.4 Å². The van der Waals surface area contributed by atoms with Crippen LogP contribution >= 0.6 is 0 Å². The van der Waals surface area contributed by atoms with Gasteiger partial charge in [0.2, 0.25) is 5.91 Å². The maximum Gasteiger partial charge on any atom is 0.316 e. The van der Waals surface area contributed by atoms with E-state index in [0.29, 0.717) is 17.9 Å². The molecule has 0 spiro atoms. The first-order chi connectivity index (χ1) is 8.85. The van der Waals surface area contributed by atoms with Gasteiger partial charge in [-0.25, -0.2) is 4.79 Å². The van der Waals surface area contributed by atoms with E-state index in [-0.39, 0.29) is 5.91 Å². The minimum atomic E-state index is -0.665. The minimum Gasteiger partial charge on any atom is -0.351 e. The highest BCUT2D eigenvalue weighted by molar-refractivity contribution is 5.98. The van der Waals surface area contributed by atoms with E-state index in [1.807, 2.05) is 6.92 Å². The van der Waals surface area contributed by atoms with Crippen LogP contribution in [0.5, 0.6) is 0 Å². The summed E-state index contributed by atoms with van der Waals surface area (Å²) in [6.07, 6.45) is 0. The molecule has 3 amide bonds. The van der Waals surface area contributed by atoms with E-state index < -0.39 is 11.6 Å². The molecule has 5 N–H and O–H groups in total. The number of amides is 3. The molecule has 104 valence electrons. The van der Waals surface area contributed by atoms with Crippen molar-refractivity contribution in [2.75, 3.05) is 17.2 Å². The molecule has 0 saturated heterocycles. The van der Waals surface area contributed by atoms with Gasteiger partial charge in [0.05, 0.1) is 5.54 Å². The number of rotatable bonds is 5. The van der Waals surface area contributed by atoms with Gasteiger partial charge in [-0.1, -0.05) is 13.0 Å². The van der Waals surface area contributed by atoms with Crippen LogP contribution in [0.4, 0.5) is 16.2 Å². The smallest absolute Gasteiger partial charge is 0.316 e. The molecule has 0 atom stereocenters. The summed E-state index contributed by atoms with van der Waals surface area (Å²) < 4.78 is 0. The second-order valence-electron chi connectivity index (χ2n) is 4.68. The zero-order valence-corrected chi connectivity index (χ0v) is 11.4. The van der Waals surface area contributed by atoms with Crippen molar-refractivity contribution < 1.29 is 9.59 Å². The number of primary amides is 1. The van der Waals surface area contributed by atoms with Crippen LogP contribution in [0.3, 0.4) is 0 Å². The topological polar surface area (TPSA) is 96.2 Å². The standard InChI is InChI=1S/C13H20N4O2/c1-4-15-13(2,3)11(18)16-9-6-5-7-10(8-9)17-12(14)19/h5-8,15H,4H2,1-3H3,(H,16,18)(H3,14,17,19). The third kappa shape index (κ3) is 4.59. The monoisotopic (exact) mass is 264 g/mol. The van der Waals surface area contributed by atoms with Crippen molar-refractivity contribution in [3.05, 3.63) is 24.3 Å². The van der Waals surface area contributed by atoms with Crippen LogP contribution < -0.4 is 21.7 Å². The third-order valence-corrected chi connectivity index (χ3v) is 2.57. The molecule has 0 aliphatic heterocycles. The lowest BCUT2D eigenvalue weighted by atomic mass is 10.0. The summed E-state index contributed by atoms with van der Waals surface area (Å²) in [4.78, 5) is 22.8. The van der Waals surface area contributed by atoms with Gasteiger partial charge in [-0.2, -0.15) is 0 Å². The number of urea groups is 1. The van der Waals surface area contributed by atoms with Gasteiger partial charge in [-0.3, -0.25) is 4.79 Å². The number of carbonyl (C=O) groups is 2. The first kappa shape index (κ1) is 15.0. The number of anilines is 2. The summed E-state index contributed by atoms with van der Waals surface area (Å²) >= 11 is 0. The summed E-state index contributed by atoms with van der Waals surface area (Å²) in [5, 5.41) is 8.33. The Hall–Kier alpha value is -2.08. The van der Waals surface area contributed by atoms with Crippen molar-refractivity contribution in [3.63, 3.8) is 0 Å². The van der Waals surface area contributed by atoms with Crippen LogP contribution in [0.25, 0.3) is 0 Å². The predicted octanol–water partition coefficient (Wildman–Crippen LogP) is 1.50. The van der Waals surface area contributed by atoms with Crippen LogP contribution in [0.1, 0.15) is 20.8 Å². The Kier molecular flexibility index (Phi) is 4.88. The molecule has 0 bridgehead atoms. The minimum absolute atomic E-state index is 0.148. The van der Waals surface area contributed by atoms with E-state index in [9.17, 15) is 9.59 Å². The second kappa shape index (κ2) is 6.19. The fourth-order valence-electron chi connectivity index (χ4n) is 1.63. The molecular weight excluding hydrogens is 244 g/mol. The highest BCUT2D eigenvalue weighted by atomic mass is 16.2. The van der Waals surface area contributed by atoms with Crippen molar-refractivity contribution in [1.82, 2.24) is 5.32 Å². The molecule has 0 aliphatic carbocycles. The summed E-state index contributed by atoms with van der Waals surface area (Å²) in [5.41, 5.74) is 5.51. The average Bonchev–Trinajstić information content (AvgIpc) is 2.28. The molecule has 0 fully saturated rings. The third-order valence-electron chi connectivity index (χ3n) is 2.57. The Morgan fingerprint density at radius 3 is 2.32 bits per heavy atom. The first-order valence-corrected chi connectivity index (χ1v) is 6.08. The Morgan fingerprint density at radius 1 is 1.21 bits per heavy atom. The number of hydrogen-bond donors (Lipinski definition) is 4. The van der Waals surface area contributed by atoms with E-state index in [2.05, 4.69) is 16.0 Å². The summed E-state index contributed by atoms with van der Waals surface area (Å²) in [7, 11) is 0. The fourth-order valence-corrected chi connectivity index (χ4v) is 1.63. The zero-order valence-electron chi connectivity index (χ0n) is 11.4. The molecule has 1 aromatic carbocycles. The lowest BCUT2D eigenvalue weighted by molar-refractivity contribution is -0.121. The molecule has 0 aliphatic rings. The molecule has 6 nitrogen and oxygen atoms in total. The normalized spacial score (nSPS) is 10.9. The van der Waals surface area contributed by atoms with E-state index in [1.54, 1.807) is 38.1 Å². The SMILES string of the molecule is CCNC(C)(C)C(=O)Nc1cccc(NC(N)=O)c1. The van der Waals surface area contributed by atoms with Gasteiger partial charge in [0.15, 0.2) is 0 Å². The van der Waals surface area contributed by atoms with Crippen molar-refractivity contribution in [2.45, 2.75) is 26.3 Å². The highest BCUT2D eigenvalue weighted by Gasteiger charge is 2.26. The molecule has 0 unspecified atom stereocenters. The van der Waals surface area contributed by atoms with Gasteiger partial charge in [-0.15, -0.1) is 0 Å². The van der Waals surface area contributed by atoms with Crippen molar-refractivity contribution in [2.24, 2.45) is 5.73 Å². The quantitative estimate of drug-likeness (QED) is 0.649. The van der Waals surface area contributed by atoms with Crippen LogP contribution in [0, 0.1) is 0 Å².